The SMILES string of the molecule is C#CCOCCOCCOCCOCCC(=O)NCCCC. The number of hydrogen-bond acceptors (Lipinski definition) is 5. The first-order valence-corrected chi connectivity index (χ1v) is 7.82. The third kappa shape index (κ3) is 16.9. The lowest BCUT2D eigenvalue weighted by Crippen LogP contribution is -2.25. The molecular weight excluding hydrogens is 286 g/mol. The molecule has 0 bridgehead atoms. The van der Waals surface area contributed by atoms with Crippen LogP contribution in [0.3, 0.4) is 0 Å². The van der Waals surface area contributed by atoms with Gasteiger partial charge in [-0.3, -0.25) is 4.79 Å². The van der Waals surface area contributed by atoms with Gasteiger partial charge in [0.05, 0.1) is 46.2 Å². The highest BCUT2D eigenvalue weighted by Gasteiger charge is 1.99. The molecule has 0 radical (unpaired) electrons. The summed E-state index contributed by atoms with van der Waals surface area (Å²) in [5.41, 5.74) is 0. The number of carbonyl (C=O) groups excluding carboxylic acids is 1. The molecule has 0 aromatic rings. The third-order valence-corrected chi connectivity index (χ3v) is 2.63. The second-order valence-corrected chi connectivity index (χ2v) is 4.55. The molecule has 0 fully saturated rings. The normalized spacial score (nSPS) is 10.4. The van der Waals surface area contributed by atoms with Gasteiger partial charge in [0.15, 0.2) is 0 Å². The Bertz CT molecular complexity index is 291. The van der Waals surface area contributed by atoms with Gasteiger partial charge < -0.3 is 24.3 Å². The monoisotopic (exact) mass is 315 g/mol. The van der Waals surface area contributed by atoms with Crippen molar-refractivity contribution in [2.45, 2.75) is 26.2 Å². The van der Waals surface area contributed by atoms with Gasteiger partial charge in [-0.15, -0.1) is 6.42 Å². The largest absolute Gasteiger partial charge is 0.379 e. The summed E-state index contributed by atoms with van der Waals surface area (Å²) in [5, 5.41) is 2.84. The summed E-state index contributed by atoms with van der Waals surface area (Å²) in [6, 6.07) is 0. The van der Waals surface area contributed by atoms with Crippen LogP contribution in [0.1, 0.15) is 26.2 Å². The highest BCUT2D eigenvalue weighted by molar-refractivity contribution is 5.75. The van der Waals surface area contributed by atoms with Crippen LogP contribution in [-0.2, 0) is 23.7 Å². The summed E-state index contributed by atoms with van der Waals surface area (Å²) in [6.07, 6.45) is 7.52. The molecule has 0 aromatic carbocycles. The summed E-state index contributed by atoms with van der Waals surface area (Å²) in [6.45, 7) is 6.57. The predicted molar refractivity (Wildman–Crippen MR) is 84.6 cm³/mol. The van der Waals surface area contributed by atoms with Crippen molar-refractivity contribution in [1.82, 2.24) is 5.32 Å². The van der Waals surface area contributed by atoms with Crippen LogP contribution in [-0.4, -0.2) is 65.3 Å². The maximum Gasteiger partial charge on any atom is 0.222 e. The summed E-state index contributed by atoms with van der Waals surface area (Å²) in [7, 11) is 0. The van der Waals surface area contributed by atoms with E-state index in [0.29, 0.717) is 59.3 Å². The number of carbonyl (C=O) groups is 1. The van der Waals surface area contributed by atoms with Crippen LogP contribution in [0, 0.1) is 12.3 Å². The average molecular weight is 315 g/mol. The van der Waals surface area contributed by atoms with Crippen LogP contribution in [0.4, 0.5) is 0 Å². The summed E-state index contributed by atoms with van der Waals surface area (Å²) >= 11 is 0. The van der Waals surface area contributed by atoms with Gasteiger partial charge >= 0.3 is 0 Å². The number of unbranched alkanes of at least 4 members (excludes halogenated alkanes) is 1. The van der Waals surface area contributed by atoms with Crippen molar-refractivity contribution < 1.29 is 23.7 Å². The van der Waals surface area contributed by atoms with E-state index < -0.39 is 0 Å². The molecule has 0 spiro atoms. The Kier molecular flexibility index (Phi) is 17.0. The van der Waals surface area contributed by atoms with Crippen molar-refractivity contribution >= 4 is 5.91 Å². The number of hydrogen-bond donors (Lipinski definition) is 1. The van der Waals surface area contributed by atoms with Crippen molar-refractivity contribution in [3.05, 3.63) is 0 Å². The molecule has 0 aliphatic rings. The molecule has 6 heteroatoms. The second kappa shape index (κ2) is 17.9. The van der Waals surface area contributed by atoms with Crippen molar-refractivity contribution in [2.24, 2.45) is 0 Å². The van der Waals surface area contributed by atoms with Gasteiger partial charge in [0.25, 0.3) is 0 Å². The van der Waals surface area contributed by atoms with E-state index in [1.54, 1.807) is 0 Å². The average Bonchev–Trinajstić information content (AvgIpc) is 2.52. The lowest BCUT2D eigenvalue weighted by atomic mass is 10.3. The Hall–Kier alpha value is -1.13. The summed E-state index contributed by atoms with van der Waals surface area (Å²) in [4.78, 5) is 11.4. The van der Waals surface area contributed by atoms with E-state index in [-0.39, 0.29) is 5.91 Å². The minimum Gasteiger partial charge on any atom is -0.379 e. The fourth-order valence-electron chi connectivity index (χ4n) is 1.45. The van der Waals surface area contributed by atoms with E-state index in [2.05, 4.69) is 18.2 Å². The molecule has 1 N–H and O–H groups in total. The molecule has 0 aliphatic carbocycles. The van der Waals surface area contributed by atoms with Crippen molar-refractivity contribution in [3.8, 4) is 12.3 Å². The molecule has 0 heterocycles. The van der Waals surface area contributed by atoms with Gasteiger partial charge in [-0.05, 0) is 6.42 Å². The van der Waals surface area contributed by atoms with E-state index >= 15 is 0 Å². The van der Waals surface area contributed by atoms with Crippen molar-refractivity contribution in [2.75, 3.05) is 59.4 Å². The third-order valence-electron chi connectivity index (χ3n) is 2.63. The lowest BCUT2D eigenvalue weighted by molar-refractivity contribution is -0.122. The Morgan fingerprint density at radius 2 is 1.50 bits per heavy atom. The van der Waals surface area contributed by atoms with Crippen LogP contribution < -0.4 is 5.32 Å². The molecule has 0 saturated carbocycles. The number of ether oxygens (including phenoxy) is 4. The van der Waals surface area contributed by atoms with E-state index in [1.807, 2.05) is 0 Å². The fourth-order valence-corrected chi connectivity index (χ4v) is 1.45. The molecule has 22 heavy (non-hydrogen) atoms. The Balaban J connectivity index is 3.08. The highest BCUT2D eigenvalue weighted by Crippen LogP contribution is 1.87. The number of amides is 1. The van der Waals surface area contributed by atoms with E-state index in [0.717, 1.165) is 19.4 Å². The van der Waals surface area contributed by atoms with Gasteiger partial charge in [-0.2, -0.15) is 0 Å². The van der Waals surface area contributed by atoms with Crippen molar-refractivity contribution in [3.63, 3.8) is 0 Å². The predicted octanol–water partition coefficient (Wildman–Crippen LogP) is 0.992. The molecule has 0 aromatic heterocycles. The standard InChI is InChI=1S/C16H29NO5/c1-3-5-7-17-16(18)6-9-20-11-13-22-15-14-21-12-10-19-8-4-2/h2H,3,5-15H2,1H3,(H,17,18). The van der Waals surface area contributed by atoms with Crippen LogP contribution in [0.15, 0.2) is 0 Å². The summed E-state index contributed by atoms with van der Waals surface area (Å²) in [5.74, 6) is 2.42. The molecule has 1 amide bonds. The quantitative estimate of drug-likeness (QED) is 0.340. The Labute approximate surface area is 133 Å². The van der Waals surface area contributed by atoms with Crippen LogP contribution in [0.5, 0.6) is 0 Å². The maximum atomic E-state index is 11.4. The smallest absolute Gasteiger partial charge is 0.222 e. The minimum absolute atomic E-state index is 0.0369. The Morgan fingerprint density at radius 1 is 0.955 bits per heavy atom. The summed E-state index contributed by atoms with van der Waals surface area (Å²) < 4.78 is 21.0. The molecule has 0 unspecified atom stereocenters. The molecule has 0 atom stereocenters. The number of terminal acetylenes is 1. The first-order valence-electron chi connectivity index (χ1n) is 7.82. The molecule has 6 nitrogen and oxygen atoms in total. The minimum atomic E-state index is 0.0369. The molecule has 0 aliphatic heterocycles. The van der Waals surface area contributed by atoms with E-state index in [4.69, 9.17) is 25.4 Å². The number of rotatable bonds is 16. The molecular formula is C16H29NO5. The van der Waals surface area contributed by atoms with Crippen LogP contribution in [0.2, 0.25) is 0 Å². The van der Waals surface area contributed by atoms with Gasteiger partial charge in [0.1, 0.15) is 6.61 Å². The highest BCUT2D eigenvalue weighted by atomic mass is 16.6. The van der Waals surface area contributed by atoms with Crippen LogP contribution in [0.25, 0.3) is 0 Å². The number of nitrogens with one attached hydrogen (secondary N) is 1. The van der Waals surface area contributed by atoms with E-state index in [9.17, 15) is 4.79 Å². The fraction of sp³-hybridized carbons (Fsp3) is 0.812. The van der Waals surface area contributed by atoms with Gasteiger partial charge in [0.2, 0.25) is 5.91 Å². The molecule has 0 rings (SSSR count). The Morgan fingerprint density at radius 3 is 2.05 bits per heavy atom. The van der Waals surface area contributed by atoms with Crippen molar-refractivity contribution in [1.29, 1.82) is 0 Å². The lowest BCUT2D eigenvalue weighted by Gasteiger charge is -2.07. The topological polar surface area (TPSA) is 66.0 Å². The molecule has 128 valence electrons. The first-order chi connectivity index (χ1) is 10.8. The zero-order valence-electron chi connectivity index (χ0n) is 13.6. The second-order valence-electron chi connectivity index (χ2n) is 4.55. The maximum absolute atomic E-state index is 11.4. The van der Waals surface area contributed by atoms with E-state index in [1.165, 1.54) is 0 Å². The van der Waals surface area contributed by atoms with Crippen LogP contribution >= 0.6 is 0 Å². The van der Waals surface area contributed by atoms with Gasteiger partial charge in [0, 0.05) is 13.0 Å². The first kappa shape index (κ1) is 20.9. The van der Waals surface area contributed by atoms with Gasteiger partial charge in [-0.25, -0.2) is 0 Å². The zero-order valence-corrected chi connectivity index (χ0v) is 13.6. The van der Waals surface area contributed by atoms with Gasteiger partial charge in [-0.1, -0.05) is 19.3 Å². The zero-order chi connectivity index (χ0) is 16.3. The molecule has 0 saturated heterocycles.